The van der Waals surface area contributed by atoms with Crippen LogP contribution in [-0.4, -0.2) is 44.3 Å². The van der Waals surface area contributed by atoms with Gasteiger partial charge in [-0.3, -0.25) is 9.69 Å². The number of Topliss-reactive ketones (excluding diaryl/α,β-unsaturated/α-hetero) is 1. The van der Waals surface area contributed by atoms with Crippen LogP contribution in [0.4, 0.5) is 0 Å². The summed E-state index contributed by atoms with van der Waals surface area (Å²) in [5, 5.41) is 0. The third kappa shape index (κ3) is 5.60. The fourth-order valence-corrected chi connectivity index (χ4v) is 2.40. The maximum Gasteiger partial charge on any atom is 0.176 e. The average Bonchev–Trinajstić information content (AvgIpc) is 2.61. The van der Waals surface area contributed by atoms with Crippen LogP contribution in [-0.2, 0) is 16.0 Å². The molecule has 4 nitrogen and oxygen atoms in total. The van der Waals surface area contributed by atoms with Crippen LogP contribution in [0, 0.1) is 0 Å². The van der Waals surface area contributed by atoms with Crippen molar-refractivity contribution in [3.63, 3.8) is 0 Å². The van der Waals surface area contributed by atoms with E-state index in [2.05, 4.69) is 12.1 Å². The van der Waals surface area contributed by atoms with Crippen molar-refractivity contribution in [2.24, 2.45) is 0 Å². The molecule has 0 N–H and O–H groups in total. The molecule has 23 heavy (non-hydrogen) atoms. The summed E-state index contributed by atoms with van der Waals surface area (Å²) in [6, 6.07) is 19.4. The third-order valence-corrected chi connectivity index (χ3v) is 3.65. The number of benzene rings is 2. The summed E-state index contributed by atoms with van der Waals surface area (Å²) in [5.41, 5.74) is 1.87. The predicted molar refractivity (Wildman–Crippen MR) is 90.3 cm³/mol. The van der Waals surface area contributed by atoms with E-state index in [1.54, 1.807) is 14.2 Å². The second kappa shape index (κ2) is 9.20. The van der Waals surface area contributed by atoms with Gasteiger partial charge in [-0.15, -0.1) is 0 Å². The quantitative estimate of drug-likeness (QED) is 0.527. The Bertz CT molecular complexity index is 582. The van der Waals surface area contributed by atoms with Crippen LogP contribution in [0.5, 0.6) is 0 Å². The zero-order valence-corrected chi connectivity index (χ0v) is 13.6. The lowest BCUT2D eigenvalue weighted by molar-refractivity contribution is -0.116. The Morgan fingerprint density at radius 2 is 1.52 bits per heavy atom. The lowest BCUT2D eigenvalue weighted by Gasteiger charge is -2.25. The summed E-state index contributed by atoms with van der Waals surface area (Å²) in [7, 11) is 3.21. The number of carbonyl (C=O) groups excluding carboxylic acids is 1. The molecule has 4 heteroatoms. The topological polar surface area (TPSA) is 38.8 Å². The maximum atomic E-state index is 12.5. The van der Waals surface area contributed by atoms with Gasteiger partial charge >= 0.3 is 0 Å². The van der Waals surface area contributed by atoms with Gasteiger partial charge in [-0.05, 0) is 5.56 Å². The monoisotopic (exact) mass is 313 g/mol. The smallest absolute Gasteiger partial charge is 0.176 e. The SMILES string of the molecule is COC(CN(CC(=O)c1ccccc1)Cc1ccccc1)OC. The van der Waals surface area contributed by atoms with E-state index >= 15 is 0 Å². The number of ketones is 1. The van der Waals surface area contributed by atoms with E-state index in [-0.39, 0.29) is 12.1 Å². The first kappa shape index (κ1) is 17.3. The molecule has 0 amide bonds. The molecule has 0 aliphatic rings. The standard InChI is InChI=1S/C19H23NO3/c1-22-19(23-2)15-20(13-16-9-5-3-6-10-16)14-18(21)17-11-7-4-8-12-17/h3-12,19H,13-15H2,1-2H3. The van der Waals surface area contributed by atoms with Crippen molar-refractivity contribution in [2.75, 3.05) is 27.3 Å². The Labute approximate surface area is 137 Å². The highest BCUT2D eigenvalue weighted by Crippen LogP contribution is 2.09. The highest BCUT2D eigenvalue weighted by atomic mass is 16.7. The Hall–Kier alpha value is -2.01. The molecule has 0 radical (unpaired) electrons. The molecule has 2 aromatic carbocycles. The first-order valence-corrected chi connectivity index (χ1v) is 7.63. The van der Waals surface area contributed by atoms with Crippen LogP contribution < -0.4 is 0 Å². The molecule has 0 spiro atoms. The van der Waals surface area contributed by atoms with Gasteiger partial charge in [0.25, 0.3) is 0 Å². The second-order valence-electron chi connectivity index (χ2n) is 5.35. The first-order chi connectivity index (χ1) is 11.2. The van der Waals surface area contributed by atoms with Gasteiger partial charge in [-0.1, -0.05) is 60.7 Å². The Kier molecular flexibility index (Phi) is 6.94. The summed E-state index contributed by atoms with van der Waals surface area (Å²) in [6.45, 7) is 1.52. The van der Waals surface area contributed by atoms with Gasteiger partial charge in [0.1, 0.15) is 0 Å². The van der Waals surface area contributed by atoms with Gasteiger partial charge < -0.3 is 9.47 Å². The fourth-order valence-electron chi connectivity index (χ4n) is 2.40. The summed E-state index contributed by atoms with van der Waals surface area (Å²) < 4.78 is 10.6. The molecule has 0 aliphatic heterocycles. The fraction of sp³-hybridized carbons (Fsp3) is 0.316. The van der Waals surface area contributed by atoms with Crippen molar-refractivity contribution in [2.45, 2.75) is 12.8 Å². The number of methoxy groups -OCH3 is 2. The van der Waals surface area contributed by atoms with Crippen LogP contribution in [0.3, 0.4) is 0 Å². The van der Waals surface area contributed by atoms with Crippen LogP contribution in [0.1, 0.15) is 15.9 Å². The van der Waals surface area contributed by atoms with Crippen LogP contribution >= 0.6 is 0 Å². The molecule has 0 aromatic heterocycles. The van der Waals surface area contributed by atoms with Crippen molar-refractivity contribution in [1.82, 2.24) is 4.90 Å². The second-order valence-corrected chi connectivity index (χ2v) is 5.35. The van der Waals surface area contributed by atoms with Gasteiger partial charge in [0.05, 0.1) is 13.1 Å². The van der Waals surface area contributed by atoms with Crippen molar-refractivity contribution in [3.05, 3.63) is 71.8 Å². The average molecular weight is 313 g/mol. The van der Waals surface area contributed by atoms with E-state index in [1.807, 2.05) is 53.4 Å². The number of ether oxygens (including phenoxy) is 2. The van der Waals surface area contributed by atoms with Crippen molar-refractivity contribution in [3.8, 4) is 0 Å². The van der Waals surface area contributed by atoms with E-state index in [9.17, 15) is 4.79 Å². The molecule has 2 aromatic rings. The molecular formula is C19H23NO3. The van der Waals surface area contributed by atoms with E-state index in [0.29, 0.717) is 19.6 Å². The third-order valence-electron chi connectivity index (χ3n) is 3.65. The van der Waals surface area contributed by atoms with Crippen LogP contribution in [0.25, 0.3) is 0 Å². The van der Waals surface area contributed by atoms with Crippen molar-refractivity contribution in [1.29, 1.82) is 0 Å². The summed E-state index contributed by atoms with van der Waals surface area (Å²) in [4.78, 5) is 14.5. The lowest BCUT2D eigenvalue weighted by atomic mass is 10.1. The molecular weight excluding hydrogens is 290 g/mol. The van der Waals surface area contributed by atoms with E-state index in [1.165, 1.54) is 0 Å². The van der Waals surface area contributed by atoms with Crippen LogP contribution in [0.15, 0.2) is 60.7 Å². The summed E-state index contributed by atoms with van der Waals surface area (Å²) in [5.74, 6) is 0.0903. The largest absolute Gasteiger partial charge is 0.355 e. The molecule has 0 saturated carbocycles. The molecule has 0 fully saturated rings. The molecule has 0 atom stereocenters. The van der Waals surface area contributed by atoms with E-state index in [0.717, 1.165) is 11.1 Å². The van der Waals surface area contributed by atoms with E-state index < -0.39 is 0 Å². The number of rotatable bonds is 9. The molecule has 0 bridgehead atoms. The van der Waals surface area contributed by atoms with Gasteiger partial charge in [0.15, 0.2) is 12.1 Å². The minimum absolute atomic E-state index is 0.0903. The van der Waals surface area contributed by atoms with E-state index in [4.69, 9.17) is 9.47 Å². The van der Waals surface area contributed by atoms with Crippen molar-refractivity contribution >= 4 is 5.78 Å². The molecule has 0 heterocycles. The zero-order valence-electron chi connectivity index (χ0n) is 13.6. The minimum Gasteiger partial charge on any atom is -0.355 e. The Morgan fingerprint density at radius 1 is 0.957 bits per heavy atom. The zero-order chi connectivity index (χ0) is 16.5. The minimum atomic E-state index is -0.359. The highest BCUT2D eigenvalue weighted by Gasteiger charge is 2.17. The number of hydrogen-bond donors (Lipinski definition) is 0. The van der Waals surface area contributed by atoms with Gasteiger partial charge in [0.2, 0.25) is 0 Å². The van der Waals surface area contributed by atoms with Gasteiger partial charge in [-0.2, -0.15) is 0 Å². The highest BCUT2D eigenvalue weighted by molar-refractivity contribution is 5.97. The number of carbonyl (C=O) groups is 1. The molecule has 2 rings (SSSR count). The molecule has 0 saturated heterocycles. The normalized spacial score (nSPS) is 11.1. The number of hydrogen-bond acceptors (Lipinski definition) is 4. The predicted octanol–water partition coefficient (Wildman–Crippen LogP) is 2.99. The Balaban J connectivity index is 2.07. The van der Waals surface area contributed by atoms with Crippen LogP contribution in [0.2, 0.25) is 0 Å². The molecule has 122 valence electrons. The number of nitrogens with zero attached hydrogens (tertiary/aromatic N) is 1. The Morgan fingerprint density at radius 3 is 2.09 bits per heavy atom. The molecule has 0 aliphatic carbocycles. The maximum absolute atomic E-state index is 12.5. The van der Waals surface area contributed by atoms with Crippen molar-refractivity contribution < 1.29 is 14.3 Å². The van der Waals surface area contributed by atoms with Gasteiger partial charge in [-0.25, -0.2) is 0 Å². The first-order valence-electron chi connectivity index (χ1n) is 7.63. The van der Waals surface area contributed by atoms with Gasteiger partial charge in [0, 0.05) is 26.3 Å². The summed E-state index contributed by atoms with van der Waals surface area (Å²) in [6.07, 6.45) is -0.359. The molecule has 0 unspecified atom stereocenters. The summed E-state index contributed by atoms with van der Waals surface area (Å²) >= 11 is 0. The lowest BCUT2D eigenvalue weighted by Crippen LogP contribution is -2.37.